The van der Waals surface area contributed by atoms with Gasteiger partial charge in [-0.15, -0.1) is 5.01 Å². The zero-order valence-corrected chi connectivity index (χ0v) is 14.1. The monoisotopic (exact) mass is 325 g/mol. The molecule has 1 aliphatic rings. The van der Waals surface area contributed by atoms with E-state index in [1.54, 1.807) is 23.7 Å². The SMILES string of the molecule is Cc1nn(C)c(C)c1C=NN1C(=O)N[C@](C)(c2ccccc2)C1=O. The average Bonchev–Trinajstić information content (AvgIpc) is 2.93. The second-order valence-electron chi connectivity index (χ2n) is 5.99. The van der Waals surface area contributed by atoms with Gasteiger partial charge in [0.25, 0.3) is 5.91 Å². The zero-order chi connectivity index (χ0) is 17.5. The molecule has 2 aromatic rings. The number of hydrogen-bond donors (Lipinski definition) is 1. The van der Waals surface area contributed by atoms with Crippen molar-refractivity contribution in [1.82, 2.24) is 20.1 Å². The molecule has 24 heavy (non-hydrogen) atoms. The van der Waals surface area contributed by atoms with Crippen LogP contribution in [0.25, 0.3) is 0 Å². The summed E-state index contributed by atoms with van der Waals surface area (Å²) in [7, 11) is 1.83. The van der Waals surface area contributed by atoms with E-state index in [-0.39, 0.29) is 0 Å². The first-order valence-corrected chi connectivity index (χ1v) is 7.61. The summed E-state index contributed by atoms with van der Waals surface area (Å²) in [5, 5.41) is 12.0. The number of amides is 3. The number of hydrazone groups is 1. The van der Waals surface area contributed by atoms with E-state index in [0.717, 1.165) is 27.5 Å². The van der Waals surface area contributed by atoms with Crippen LogP contribution >= 0.6 is 0 Å². The van der Waals surface area contributed by atoms with Gasteiger partial charge in [-0.1, -0.05) is 30.3 Å². The number of imide groups is 1. The fourth-order valence-electron chi connectivity index (χ4n) is 2.79. The second-order valence-corrected chi connectivity index (χ2v) is 5.99. The number of carbonyl (C=O) groups is 2. The van der Waals surface area contributed by atoms with E-state index in [0.29, 0.717) is 0 Å². The minimum atomic E-state index is -1.12. The standard InChI is InChI=1S/C17H19N5O2/c1-11-14(12(2)21(4)20-11)10-18-22-15(23)17(3,19-16(22)24)13-8-6-5-7-9-13/h5-10H,1-4H3,(H,19,24)/t17-/m1/s1. The molecule has 2 heterocycles. The lowest BCUT2D eigenvalue weighted by Crippen LogP contribution is -2.40. The molecule has 3 rings (SSSR count). The normalized spacial score (nSPS) is 20.9. The summed E-state index contributed by atoms with van der Waals surface area (Å²) in [6.07, 6.45) is 1.51. The minimum absolute atomic E-state index is 0.408. The summed E-state index contributed by atoms with van der Waals surface area (Å²) < 4.78 is 1.73. The third kappa shape index (κ3) is 2.38. The van der Waals surface area contributed by atoms with Crippen molar-refractivity contribution >= 4 is 18.2 Å². The Balaban J connectivity index is 1.92. The van der Waals surface area contributed by atoms with Crippen LogP contribution in [0.5, 0.6) is 0 Å². The number of rotatable bonds is 3. The van der Waals surface area contributed by atoms with Crippen molar-refractivity contribution in [2.24, 2.45) is 12.1 Å². The first kappa shape index (κ1) is 15.9. The summed E-state index contributed by atoms with van der Waals surface area (Å²) in [6.45, 7) is 5.44. The van der Waals surface area contributed by atoms with Crippen LogP contribution in [0.4, 0.5) is 4.79 Å². The maximum absolute atomic E-state index is 12.7. The first-order chi connectivity index (χ1) is 11.3. The largest absolute Gasteiger partial charge is 0.346 e. The molecular weight excluding hydrogens is 306 g/mol. The molecule has 1 fully saturated rings. The van der Waals surface area contributed by atoms with Gasteiger partial charge in [0.2, 0.25) is 0 Å². The Kier molecular flexibility index (Phi) is 3.71. The van der Waals surface area contributed by atoms with Crippen molar-refractivity contribution in [2.75, 3.05) is 0 Å². The summed E-state index contributed by atoms with van der Waals surface area (Å²) in [4.78, 5) is 25.0. The van der Waals surface area contributed by atoms with E-state index in [2.05, 4.69) is 15.5 Å². The number of nitrogens with one attached hydrogen (secondary N) is 1. The van der Waals surface area contributed by atoms with E-state index in [1.807, 2.05) is 39.1 Å². The average molecular weight is 325 g/mol. The fourth-order valence-corrected chi connectivity index (χ4v) is 2.79. The van der Waals surface area contributed by atoms with Crippen molar-refractivity contribution < 1.29 is 9.59 Å². The van der Waals surface area contributed by atoms with Crippen LogP contribution in [0, 0.1) is 13.8 Å². The Morgan fingerprint density at radius 2 is 1.88 bits per heavy atom. The Morgan fingerprint density at radius 1 is 1.21 bits per heavy atom. The van der Waals surface area contributed by atoms with E-state index < -0.39 is 17.5 Å². The van der Waals surface area contributed by atoms with Crippen molar-refractivity contribution in [2.45, 2.75) is 26.3 Å². The smallest absolute Gasteiger partial charge is 0.318 e. The van der Waals surface area contributed by atoms with Crippen molar-refractivity contribution in [3.8, 4) is 0 Å². The predicted octanol–water partition coefficient (Wildman–Crippen LogP) is 1.84. The van der Waals surface area contributed by atoms with Gasteiger partial charge in [0, 0.05) is 18.3 Å². The minimum Gasteiger partial charge on any atom is -0.318 e. The van der Waals surface area contributed by atoms with Crippen LogP contribution in [0.15, 0.2) is 35.4 Å². The number of urea groups is 1. The molecule has 1 N–H and O–H groups in total. The lowest BCUT2D eigenvalue weighted by atomic mass is 9.92. The highest BCUT2D eigenvalue weighted by atomic mass is 16.2. The third-order valence-corrected chi connectivity index (χ3v) is 4.39. The van der Waals surface area contributed by atoms with Crippen molar-refractivity contribution in [3.05, 3.63) is 52.8 Å². The summed E-state index contributed by atoms with van der Waals surface area (Å²) in [5.74, 6) is -0.408. The van der Waals surface area contributed by atoms with Crippen molar-refractivity contribution in [3.63, 3.8) is 0 Å². The molecular formula is C17H19N5O2. The van der Waals surface area contributed by atoms with E-state index in [9.17, 15) is 9.59 Å². The molecule has 1 aromatic heterocycles. The molecule has 1 aliphatic heterocycles. The highest BCUT2D eigenvalue weighted by Gasteiger charge is 2.49. The number of hydrogen-bond acceptors (Lipinski definition) is 4. The molecule has 3 amide bonds. The van der Waals surface area contributed by atoms with Gasteiger partial charge >= 0.3 is 6.03 Å². The fraction of sp³-hybridized carbons (Fsp3) is 0.294. The quantitative estimate of drug-likeness (QED) is 0.691. The topological polar surface area (TPSA) is 79.6 Å². The molecule has 7 heteroatoms. The van der Waals surface area contributed by atoms with Crippen LogP contribution in [0.1, 0.15) is 29.4 Å². The lowest BCUT2D eigenvalue weighted by Gasteiger charge is -2.20. The maximum atomic E-state index is 12.7. The van der Waals surface area contributed by atoms with Gasteiger partial charge < -0.3 is 5.32 Å². The second kappa shape index (κ2) is 5.59. The van der Waals surface area contributed by atoms with Gasteiger partial charge in [-0.25, -0.2) is 4.79 Å². The molecule has 124 valence electrons. The van der Waals surface area contributed by atoms with Crippen LogP contribution in [0.3, 0.4) is 0 Å². The van der Waals surface area contributed by atoms with Crippen LogP contribution in [-0.4, -0.2) is 32.9 Å². The van der Waals surface area contributed by atoms with Gasteiger partial charge in [0.05, 0.1) is 11.9 Å². The number of nitrogens with zero attached hydrogens (tertiary/aromatic N) is 4. The number of carbonyl (C=O) groups excluding carboxylic acids is 2. The number of aromatic nitrogens is 2. The highest BCUT2D eigenvalue weighted by Crippen LogP contribution is 2.28. The zero-order valence-electron chi connectivity index (χ0n) is 14.1. The summed E-state index contributed by atoms with van der Waals surface area (Å²) in [5.41, 5.74) is 2.10. The summed E-state index contributed by atoms with van der Waals surface area (Å²) in [6, 6.07) is 8.59. The molecule has 0 unspecified atom stereocenters. The van der Waals surface area contributed by atoms with Gasteiger partial charge in [-0.05, 0) is 26.3 Å². The molecule has 1 aromatic carbocycles. The Labute approximate surface area is 140 Å². The van der Waals surface area contributed by atoms with Crippen LogP contribution in [-0.2, 0) is 17.4 Å². The Morgan fingerprint density at radius 3 is 2.46 bits per heavy atom. The molecule has 0 spiro atoms. The lowest BCUT2D eigenvalue weighted by molar-refractivity contribution is -0.131. The Hall–Kier alpha value is -2.96. The molecule has 0 saturated carbocycles. The van der Waals surface area contributed by atoms with Gasteiger partial charge in [0.1, 0.15) is 5.54 Å². The van der Waals surface area contributed by atoms with E-state index in [4.69, 9.17) is 0 Å². The molecule has 0 radical (unpaired) electrons. The number of benzene rings is 1. The van der Waals surface area contributed by atoms with Crippen LogP contribution < -0.4 is 5.32 Å². The molecule has 7 nitrogen and oxygen atoms in total. The third-order valence-electron chi connectivity index (χ3n) is 4.39. The maximum Gasteiger partial charge on any atom is 0.346 e. The summed E-state index contributed by atoms with van der Waals surface area (Å²) >= 11 is 0. The Bertz CT molecular complexity index is 840. The van der Waals surface area contributed by atoms with E-state index >= 15 is 0 Å². The van der Waals surface area contributed by atoms with Crippen LogP contribution in [0.2, 0.25) is 0 Å². The highest BCUT2D eigenvalue weighted by molar-refractivity contribution is 6.07. The molecule has 1 saturated heterocycles. The van der Waals surface area contributed by atoms with E-state index in [1.165, 1.54) is 6.21 Å². The first-order valence-electron chi connectivity index (χ1n) is 7.61. The van der Waals surface area contributed by atoms with Gasteiger partial charge in [-0.2, -0.15) is 10.2 Å². The number of aryl methyl sites for hydroxylation is 2. The molecule has 1 atom stereocenters. The predicted molar refractivity (Wildman–Crippen MR) is 89.4 cm³/mol. The molecule has 0 aliphatic carbocycles. The van der Waals surface area contributed by atoms with Gasteiger partial charge in [-0.3, -0.25) is 9.48 Å². The van der Waals surface area contributed by atoms with Crippen molar-refractivity contribution in [1.29, 1.82) is 0 Å². The molecule has 0 bridgehead atoms. The van der Waals surface area contributed by atoms with Gasteiger partial charge in [0.15, 0.2) is 0 Å².